The molecular formula is C21H24FN5. The van der Waals surface area contributed by atoms with Gasteiger partial charge in [-0.2, -0.15) is 4.98 Å². The largest absolute Gasteiger partial charge is 0.354 e. The first-order valence-electron chi connectivity index (χ1n) is 8.96. The SMILES string of the molecule is CN(C)CCCNc1nc(Nc2cccc(F)c2)cc(-c2ccccc2)n1. The molecule has 0 spiro atoms. The van der Waals surface area contributed by atoms with E-state index in [0.717, 1.165) is 30.8 Å². The molecule has 0 radical (unpaired) electrons. The van der Waals surface area contributed by atoms with Crippen LogP contribution in [0.4, 0.5) is 21.8 Å². The van der Waals surface area contributed by atoms with E-state index in [9.17, 15) is 4.39 Å². The third-order valence-electron chi connectivity index (χ3n) is 3.96. The maximum atomic E-state index is 13.5. The molecule has 0 atom stereocenters. The van der Waals surface area contributed by atoms with Crippen molar-refractivity contribution < 1.29 is 4.39 Å². The number of halogens is 1. The molecule has 2 N–H and O–H groups in total. The molecule has 1 heterocycles. The lowest BCUT2D eigenvalue weighted by atomic mass is 10.1. The van der Waals surface area contributed by atoms with Crippen molar-refractivity contribution in [3.63, 3.8) is 0 Å². The Morgan fingerprint density at radius 3 is 2.52 bits per heavy atom. The zero-order chi connectivity index (χ0) is 19.1. The van der Waals surface area contributed by atoms with Crippen molar-refractivity contribution in [2.75, 3.05) is 37.8 Å². The average molecular weight is 365 g/mol. The molecule has 2 aromatic carbocycles. The van der Waals surface area contributed by atoms with Gasteiger partial charge in [-0.1, -0.05) is 36.4 Å². The monoisotopic (exact) mass is 365 g/mol. The van der Waals surface area contributed by atoms with Crippen LogP contribution in [0.25, 0.3) is 11.3 Å². The van der Waals surface area contributed by atoms with E-state index in [2.05, 4.69) is 25.5 Å². The molecule has 0 fully saturated rings. The number of rotatable bonds is 8. The number of benzene rings is 2. The van der Waals surface area contributed by atoms with Crippen LogP contribution >= 0.6 is 0 Å². The van der Waals surface area contributed by atoms with E-state index in [4.69, 9.17) is 0 Å². The summed E-state index contributed by atoms with van der Waals surface area (Å²) in [5, 5.41) is 6.45. The van der Waals surface area contributed by atoms with E-state index < -0.39 is 0 Å². The summed E-state index contributed by atoms with van der Waals surface area (Å²) in [6, 6.07) is 18.1. The third kappa shape index (κ3) is 5.76. The Balaban J connectivity index is 1.83. The standard InChI is InChI=1S/C21H24FN5/c1-27(2)13-7-12-23-21-25-19(16-8-4-3-5-9-16)15-20(26-21)24-18-11-6-10-17(22)14-18/h3-6,8-11,14-15H,7,12-13H2,1-2H3,(H2,23,24,25,26). The first-order chi connectivity index (χ1) is 13.1. The fourth-order valence-corrected chi connectivity index (χ4v) is 2.66. The Labute approximate surface area is 159 Å². The van der Waals surface area contributed by atoms with Gasteiger partial charge >= 0.3 is 0 Å². The molecule has 0 aliphatic heterocycles. The van der Waals surface area contributed by atoms with Crippen molar-refractivity contribution in [1.82, 2.24) is 14.9 Å². The maximum absolute atomic E-state index is 13.5. The lowest BCUT2D eigenvalue weighted by Crippen LogP contribution is -2.17. The Morgan fingerprint density at radius 1 is 0.963 bits per heavy atom. The van der Waals surface area contributed by atoms with Crippen LogP contribution in [0, 0.1) is 5.82 Å². The van der Waals surface area contributed by atoms with Gasteiger partial charge < -0.3 is 15.5 Å². The van der Waals surface area contributed by atoms with Crippen molar-refractivity contribution in [1.29, 1.82) is 0 Å². The number of nitrogens with one attached hydrogen (secondary N) is 2. The van der Waals surface area contributed by atoms with Gasteiger partial charge in [-0.15, -0.1) is 0 Å². The zero-order valence-electron chi connectivity index (χ0n) is 15.6. The predicted molar refractivity (Wildman–Crippen MR) is 109 cm³/mol. The average Bonchev–Trinajstić information content (AvgIpc) is 2.66. The minimum absolute atomic E-state index is 0.292. The first kappa shape index (κ1) is 18.8. The molecule has 0 amide bonds. The van der Waals surface area contributed by atoms with E-state index in [0.29, 0.717) is 17.5 Å². The summed E-state index contributed by atoms with van der Waals surface area (Å²) >= 11 is 0. The van der Waals surface area contributed by atoms with Crippen LogP contribution in [0.5, 0.6) is 0 Å². The summed E-state index contributed by atoms with van der Waals surface area (Å²) < 4.78 is 13.5. The van der Waals surface area contributed by atoms with Crippen molar-refractivity contribution in [3.05, 3.63) is 66.5 Å². The van der Waals surface area contributed by atoms with E-state index in [1.807, 2.05) is 50.5 Å². The molecule has 6 heteroatoms. The molecule has 3 aromatic rings. The summed E-state index contributed by atoms with van der Waals surface area (Å²) in [4.78, 5) is 11.3. The van der Waals surface area contributed by atoms with Crippen molar-refractivity contribution >= 4 is 17.5 Å². The molecule has 3 rings (SSSR count). The highest BCUT2D eigenvalue weighted by atomic mass is 19.1. The molecule has 0 aliphatic rings. The van der Waals surface area contributed by atoms with E-state index in [1.165, 1.54) is 12.1 Å². The second-order valence-corrected chi connectivity index (χ2v) is 6.55. The van der Waals surface area contributed by atoms with Crippen LogP contribution in [0.15, 0.2) is 60.7 Å². The highest BCUT2D eigenvalue weighted by molar-refractivity contribution is 5.67. The Morgan fingerprint density at radius 2 is 1.78 bits per heavy atom. The fourth-order valence-electron chi connectivity index (χ4n) is 2.66. The van der Waals surface area contributed by atoms with Gasteiger partial charge in [0.1, 0.15) is 11.6 Å². The summed E-state index contributed by atoms with van der Waals surface area (Å²) in [5.41, 5.74) is 2.45. The number of aromatic nitrogens is 2. The van der Waals surface area contributed by atoms with E-state index in [-0.39, 0.29) is 5.82 Å². The van der Waals surface area contributed by atoms with Gasteiger partial charge in [0.15, 0.2) is 0 Å². The van der Waals surface area contributed by atoms with Crippen molar-refractivity contribution in [2.45, 2.75) is 6.42 Å². The zero-order valence-corrected chi connectivity index (χ0v) is 15.6. The Bertz CT molecular complexity index is 867. The van der Waals surface area contributed by atoms with Gasteiger partial charge in [-0.3, -0.25) is 0 Å². The van der Waals surface area contributed by atoms with Crippen molar-refractivity contribution in [3.8, 4) is 11.3 Å². The minimum Gasteiger partial charge on any atom is -0.354 e. The maximum Gasteiger partial charge on any atom is 0.225 e. The van der Waals surface area contributed by atoms with Crippen LogP contribution in [0.2, 0.25) is 0 Å². The summed E-state index contributed by atoms with van der Waals surface area (Å²) in [5.74, 6) is 0.873. The fraction of sp³-hybridized carbons (Fsp3) is 0.238. The number of hydrogen-bond acceptors (Lipinski definition) is 5. The smallest absolute Gasteiger partial charge is 0.225 e. The molecule has 0 bridgehead atoms. The molecule has 0 aliphatic carbocycles. The van der Waals surface area contributed by atoms with Crippen LogP contribution in [-0.2, 0) is 0 Å². The molecule has 27 heavy (non-hydrogen) atoms. The highest BCUT2D eigenvalue weighted by Crippen LogP contribution is 2.23. The molecule has 140 valence electrons. The topological polar surface area (TPSA) is 53.1 Å². The number of hydrogen-bond donors (Lipinski definition) is 2. The highest BCUT2D eigenvalue weighted by Gasteiger charge is 2.07. The molecular weight excluding hydrogens is 341 g/mol. The van der Waals surface area contributed by atoms with Crippen LogP contribution < -0.4 is 10.6 Å². The van der Waals surface area contributed by atoms with Crippen LogP contribution in [0.1, 0.15) is 6.42 Å². The van der Waals surface area contributed by atoms with Gasteiger partial charge in [0, 0.05) is 23.9 Å². The quantitative estimate of drug-likeness (QED) is 0.580. The molecule has 0 unspecified atom stereocenters. The molecule has 1 aromatic heterocycles. The minimum atomic E-state index is -0.292. The van der Waals surface area contributed by atoms with Crippen LogP contribution in [-0.4, -0.2) is 42.1 Å². The second kappa shape index (κ2) is 9.09. The van der Waals surface area contributed by atoms with E-state index >= 15 is 0 Å². The predicted octanol–water partition coefficient (Wildman–Crippen LogP) is 4.39. The summed E-state index contributed by atoms with van der Waals surface area (Å²) in [7, 11) is 4.10. The van der Waals surface area contributed by atoms with Gasteiger partial charge in [-0.05, 0) is 45.3 Å². The van der Waals surface area contributed by atoms with E-state index in [1.54, 1.807) is 12.1 Å². The normalized spacial score (nSPS) is 10.8. The number of anilines is 3. The van der Waals surface area contributed by atoms with Gasteiger partial charge in [0.25, 0.3) is 0 Å². The Hall–Kier alpha value is -2.99. The second-order valence-electron chi connectivity index (χ2n) is 6.55. The van der Waals surface area contributed by atoms with Crippen LogP contribution in [0.3, 0.4) is 0 Å². The number of nitrogens with zero attached hydrogens (tertiary/aromatic N) is 3. The summed E-state index contributed by atoms with van der Waals surface area (Å²) in [6.45, 7) is 1.76. The molecule has 0 saturated carbocycles. The lowest BCUT2D eigenvalue weighted by molar-refractivity contribution is 0.405. The molecule has 0 saturated heterocycles. The first-order valence-corrected chi connectivity index (χ1v) is 8.96. The molecule has 5 nitrogen and oxygen atoms in total. The van der Waals surface area contributed by atoms with Crippen molar-refractivity contribution in [2.24, 2.45) is 0 Å². The third-order valence-corrected chi connectivity index (χ3v) is 3.96. The van der Waals surface area contributed by atoms with Gasteiger partial charge in [0.2, 0.25) is 5.95 Å². The Kier molecular flexibility index (Phi) is 6.33. The van der Waals surface area contributed by atoms with Gasteiger partial charge in [0.05, 0.1) is 5.69 Å². The van der Waals surface area contributed by atoms with Gasteiger partial charge in [-0.25, -0.2) is 9.37 Å². The summed E-state index contributed by atoms with van der Waals surface area (Å²) in [6.07, 6.45) is 0.985. The lowest BCUT2D eigenvalue weighted by Gasteiger charge is -2.13.